The Balaban J connectivity index is 2.78. The van der Waals surface area contributed by atoms with E-state index in [4.69, 9.17) is 10.2 Å². The zero-order chi connectivity index (χ0) is 7.07. The lowest BCUT2D eigenvalue weighted by atomic mass is 10.0. The molecule has 1 aliphatic rings. The summed E-state index contributed by atoms with van der Waals surface area (Å²) in [6.45, 7) is 1.12. The molecule has 2 N–H and O–H groups in total. The van der Waals surface area contributed by atoms with E-state index < -0.39 is 17.7 Å². The Labute approximate surface area is 52.1 Å². The Kier molecular flexibility index (Phi) is 1.22. The summed E-state index contributed by atoms with van der Waals surface area (Å²) in [6.07, 6.45) is -1.08. The van der Waals surface area contributed by atoms with Gasteiger partial charge in [-0.25, -0.2) is 4.79 Å². The van der Waals surface area contributed by atoms with Gasteiger partial charge in [-0.1, -0.05) is 0 Å². The molecule has 0 radical (unpaired) electrons. The molecule has 0 aromatic carbocycles. The van der Waals surface area contributed by atoms with Crippen molar-refractivity contribution in [1.82, 2.24) is 0 Å². The SMILES string of the molecule is C[C@@]1(O)C(=O)OC[C@@H]1O. The van der Waals surface area contributed by atoms with Gasteiger partial charge in [-0.15, -0.1) is 0 Å². The average Bonchev–Trinajstić information content (AvgIpc) is 1.96. The first kappa shape index (κ1) is 6.51. The van der Waals surface area contributed by atoms with Gasteiger partial charge in [-0.2, -0.15) is 0 Å². The van der Waals surface area contributed by atoms with Crippen molar-refractivity contribution < 1.29 is 19.7 Å². The molecule has 0 aromatic heterocycles. The monoisotopic (exact) mass is 132 g/mol. The van der Waals surface area contributed by atoms with Gasteiger partial charge in [0.05, 0.1) is 0 Å². The summed E-state index contributed by atoms with van der Waals surface area (Å²) in [7, 11) is 0. The normalized spacial score (nSPS) is 43.0. The van der Waals surface area contributed by atoms with E-state index in [1.54, 1.807) is 0 Å². The summed E-state index contributed by atoms with van der Waals surface area (Å²) in [5, 5.41) is 17.8. The zero-order valence-corrected chi connectivity index (χ0v) is 5.00. The van der Waals surface area contributed by atoms with Gasteiger partial charge in [0.25, 0.3) is 0 Å². The number of rotatable bonds is 0. The first-order valence-electron chi connectivity index (χ1n) is 2.63. The van der Waals surface area contributed by atoms with Crippen LogP contribution in [0.2, 0.25) is 0 Å². The van der Waals surface area contributed by atoms with Crippen LogP contribution in [0, 0.1) is 0 Å². The van der Waals surface area contributed by atoms with Crippen LogP contribution in [0.4, 0.5) is 0 Å². The third kappa shape index (κ3) is 0.799. The maximum absolute atomic E-state index is 10.5. The summed E-state index contributed by atoms with van der Waals surface area (Å²) in [5.74, 6) is -0.755. The molecule has 1 aliphatic heterocycles. The second-order valence-electron chi connectivity index (χ2n) is 2.26. The van der Waals surface area contributed by atoms with E-state index in [1.165, 1.54) is 6.92 Å². The zero-order valence-electron chi connectivity index (χ0n) is 5.00. The van der Waals surface area contributed by atoms with Gasteiger partial charge in [-0.05, 0) is 6.92 Å². The maximum atomic E-state index is 10.5. The smallest absolute Gasteiger partial charge is 0.340 e. The number of carbonyl (C=O) groups excluding carboxylic acids is 1. The Morgan fingerprint density at radius 2 is 2.44 bits per heavy atom. The fourth-order valence-corrected chi connectivity index (χ4v) is 0.599. The van der Waals surface area contributed by atoms with Crippen molar-refractivity contribution in [3.63, 3.8) is 0 Å². The van der Waals surface area contributed by atoms with Gasteiger partial charge in [-0.3, -0.25) is 0 Å². The third-order valence-corrected chi connectivity index (χ3v) is 1.43. The highest BCUT2D eigenvalue weighted by Gasteiger charge is 2.46. The number of carbonyl (C=O) groups is 1. The number of aliphatic hydroxyl groups is 2. The van der Waals surface area contributed by atoms with E-state index in [0.29, 0.717) is 0 Å². The van der Waals surface area contributed by atoms with Gasteiger partial charge >= 0.3 is 5.97 Å². The van der Waals surface area contributed by atoms with E-state index >= 15 is 0 Å². The highest BCUT2D eigenvalue weighted by molar-refractivity contribution is 5.81. The fourth-order valence-electron chi connectivity index (χ4n) is 0.599. The molecule has 1 rings (SSSR count). The Morgan fingerprint density at radius 1 is 1.89 bits per heavy atom. The minimum absolute atomic E-state index is 0.105. The molecule has 1 saturated heterocycles. The lowest BCUT2D eigenvalue weighted by molar-refractivity contribution is -0.153. The number of cyclic esters (lactones) is 1. The Bertz CT molecular complexity index is 140. The number of hydrogen-bond donors (Lipinski definition) is 2. The molecule has 52 valence electrons. The van der Waals surface area contributed by atoms with Crippen molar-refractivity contribution in [2.45, 2.75) is 18.6 Å². The largest absolute Gasteiger partial charge is 0.461 e. The van der Waals surface area contributed by atoms with Crippen LogP contribution in [0.1, 0.15) is 6.92 Å². The maximum Gasteiger partial charge on any atom is 0.340 e. The molecular weight excluding hydrogens is 124 g/mol. The van der Waals surface area contributed by atoms with Crippen LogP contribution in [0.3, 0.4) is 0 Å². The summed E-state index contributed by atoms with van der Waals surface area (Å²) < 4.78 is 4.34. The van der Waals surface area contributed by atoms with E-state index in [-0.39, 0.29) is 6.61 Å². The Hall–Kier alpha value is -0.610. The molecule has 9 heavy (non-hydrogen) atoms. The second kappa shape index (κ2) is 1.68. The predicted molar refractivity (Wildman–Crippen MR) is 27.6 cm³/mol. The minimum atomic E-state index is -1.69. The number of hydrogen-bond acceptors (Lipinski definition) is 4. The fraction of sp³-hybridized carbons (Fsp3) is 0.800. The molecule has 4 heteroatoms. The topological polar surface area (TPSA) is 66.8 Å². The van der Waals surface area contributed by atoms with Crippen LogP contribution in [0.5, 0.6) is 0 Å². The van der Waals surface area contributed by atoms with Crippen LogP contribution < -0.4 is 0 Å². The molecule has 1 heterocycles. The van der Waals surface area contributed by atoms with Crippen molar-refractivity contribution >= 4 is 5.97 Å². The molecule has 0 amide bonds. The van der Waals surface area contributed by atoms with Crippen LogP contribution in [0.15, 0.2) is 0 Å². The average molecular weight is 132 g/mol. The number of esters is 1. The molecular formula is C5H8O4. The molecule has 0 saturated carbocycles. The first-order valence-corrected chi connectivity index (χ1v) is 2.63. The molecule has 0 aromatic rings. The van der Waals surface area contributed by atoms with E-state index in [2.05, 4.69) is 4.74 Å². The standard InChI is InChI=1S/C5H8O4/c1-5(8)3(6)2-9-4(5)7/h3,6,8H,2H2,1H3/t3-,5-/m0/s1. The van der Waals surface area contributed by atoms with Crippen molar-refractivity contribution in [1.29, 1.82) is 0 Å². The van der Waals surface area contributed by atoms with Gasteiger partial charge in [0.15, 0.2) is 5.60 Å². The van der Waals surface area contributed by atoms with Crippen molar-refractivity contribution in [2.24, 2.45) is 0 Å². The predicted octanol–water partition coefficient (Wildman–Crippen LogP) is -1.34. The van der Waals surface area contributed by atoms with Crippen LogP contribution >= 0.6 is 0 Å². The van der Waals surface area contributed by atoms with Crippen LogP contribution in [-0.2, 0) is 9.53 Å². The van der Waals surface area contributed by atoms with Gasteiger partial charge in [0.2, 0.25) is 0 Å². The number of aliphatic hydroxyl groups excluding tert-OH is 1. The van der Waals surface area contributed by atoms with Gasteiger partial charge in [0.1, 0.15) is 12.7 Å². The lowest BCUT2D eigenvalue weighted by Gasteiger charge is -2.13. The van der Waals surface area contributed by atoms with Crippen LogP contribution in [0.25, 0.3) is 0 Å². The van der Waals surface area contributed by atoms with Crippen molar-refractivity contribution in [3.8, 4) is 0 Å². The molecule has 1 fully saturated rings. The molecule has 2 atom stereocenters. The van der Waals surface area contributed by atoms with E-state index in [0.717, 1.165) is 0 Å². The molecule has 4 nitrogen and oxygen atoms in total. The summed E-state index contributed by atoms with van der Waals surface area (Å²) >= 11 is 0. The van der Waals surface area contributed by atoms with Gasteiger partial charge < -0.3 is 14.9 Å². The molecule has 0 unspecified atom stereocenters. The first-order chi connectivity index (χ1) is 4.05. The Morgan fingerprint density at radius 3 is 2.56 bits per heavy atom. The van der Waals surface area contributed by atoms with Gasteiger partial charge in [0, 0.05) is 0 Å². The lowest BCUT2D eigenvalue weighted by Crippen LogP contribution is -2.40. The summed E-state index contributed by atoms with van der Waals surface area (Å²) in [6, 6.07) is 0. The molecule has 0 bridgehead atoms. The van der Waals surface area contributed by atoms with Crippen molar-refractivity contribution in [3.05, 3.63) is 0 Å². The third-order valence-electron chi connectivity index (χ3n) is 1.43. The summed E-state index contributed by atoms with van der Waals surface area (Å²) in [4.78, 5) is 10.5. The quantitative estimate of drug-likeness (QED) is 0.400. The van der Waals surface area contributed by atoms with Crippen molar-refractivity contribution in [2.75, 3.05) is 6.61 Å². The van der Waals surface area contributed by atoms with Crippen LogP contribution in [-0.4, -0.2) is 34.5 Å². The highest BCUT2D eigenvalue weighted by atomic mass is 16.6. The minimum Gasteiger partial charge on any atom is -0.461 e. The molecule has 0 aliphatic carbocycles. The van der Waals surface area contributed by atoms with E-state index in [9.17, 15) is 4.79 Å². The number of ether oxygens (including phenoxy) is 1. The second-order valence-corrected chi connectivity index (χ2v) is 2.26. The highest BCUT2D eigenvalue weighted by Crippen LogP contribution is 2.18. The van der Waals surface area contributed by atoms with E-state index in [1.807, 2.05) is 0 Å². The summed E-state index contributed by atoms with van der Waals surface area (Å²) in [5.41, 5.74) is -1.69. The molecule has 0 spiro atoms.